The molecule has 1 aromatic rings. The molecule has 0 bridgehead atoms. The molecule has 0 aromatic carbocycles. The van der Waals surface area contributed by atoms with Gasteiger partial charge in [-0.1, -0.05) is 13.8 Å². The normalized spacial score (nSPS) is 18.3. The first kappa shape index (κ1) is 13.3. The summed E-state index contributed by atoms with van der Waals surface area (Å²) >= 11 is 0. The lowest BCUT2D eigenvalue weighted by molar-refractivity contribution is 0.263. The number of rotatable bonds is 3. The van der Waals surface area contributed by atoms with Gasteiger partial charge in [0.1, 0.15) is 11.6 Å². The van der Waals surface area contributed by atoms with Crippen LogP contribution >= 0.6 is 0 Å². The van der Waals surface area contributed by atoms with Crippen LogP contribution in [0.1, 0.15) is 44.1 Å². The summed E-state index contributed by atoms with van der Waals surface area (Å²) in [6.07, 6.45) is 2.38. The Morgan fingerprint density at radius 2 is 1.94 bits per heavy atom. The summed E-state index contributed by atoms with van der Waals surface area (Å²) in [4.78, 5) is 11.5. The van der Waals surface area contributed by atoms with Crippen molar-refractivity contribution in [3.63, 3.8) is 0 Å². The smallest absolute Gasteiger partial charge is 0.133 e. The summed E-state index contributed by atoms with van der Waals surface area (Å²) in [6, 6.07) is 2.60. The highest BCUT2D eigenvalue weighted by Gasteiger charge is 2.17. The zero-order valence-corrected chi connectivity index (χ0v) is 11.9. The molecule has 1 aromatic heterocycles. The van der Waals surface area contributed by atoms with Crippen LogP contribution in [0.4, 0.5) is 5.82 Å². The third kappa shape index (κ3) is 3.42. The van der Waals surface area contributed by atoms with Crippen molar-refractivity contribution in [1.82, 2.24) is 14.9 Å². The second-order valence-corrected chi connectivity index (χ2v) is 5.63. The van der Waals surface area contributed by atoms with E-state index in [0.29, 0.717) is 12.0 Å². The van der Waals surface area contributed by atoms with E-state index >= 15 is 0 Å². The van der Waals surface area contributed by atoms with Crippen molar-refractivity contribution in [2.24, 2.45) is 0 Å². The summed E-state index contributed by atoms with van der Waals surface area (Å²) in [6.45, 7) is 8.63. The van der Waals surface area contributed by atoms with Gasteiger partial charge in [-0.3, -0.25) is 0 Å². The molecule has 0 saturated carbocycles. The van der Waals surface area contributed by atoms with Crippen LogP contribution in [0.5, 0.6) is 0 Å². The molecule has 0 radical (unpaired) electrons. The van der Waals surface area contributed by atoms with E-state index in [9.17, 15) is 0 Å². The molecular formula is C14H24N4. The van der Waals surface area contributed by atoms with Crippen LogP contribution < -0.4 is 5.32 Å². The molecule has 0 amide bonds. The first-order chi connectivity index (χ1) is 8.54. The van der Waals surface area contributed by atoms with E-state index in [1.807, 2.05) is 13.0 Å². The second-order valence-electron chi connectivity index (χ2n) is 5.63. The van der Waals surface area contributed by atoms with E-state index in [1.165, 1.54) is 25.9 Å². The fraction of sp³-hybridized carbons (Fsp3) is 0.714. The Kier molecular flexibility index (Phi) is 4.17. The maximum atomic E-state index is 4.61. The maximum Gasteiger partial charge on any atom is 0.133 e. The predicted molar refractivity (Wildman–Crippen MR) is 75.0 cm³/mol. The molecule has 1 saturated heterocycles. The number of nitrogens with zero attached hydrogens (tertiary/aromatic N) is 3. The molecule has 1 aliphatic heterocycles. The molecule has 1 fully saturated rings. The molecule has 1 N–H and O–H groups in total. The number of nitrogens with one attached hydrogen (secondary N) is 1. The van der Waals surface area contributed by atoms with Gasteiger partial charge in [-0.25, -0.2) is 9.97 Å². The van der Waals surface area contributed by atoms with E-state index in [4.69, 9.17) is 0 Å². The van der Waals surface area contributed by atoms with Crippen LogP contribution in [-0.2, 0) is 0 Å². The Hall–Kier alpha value is -1.16. The number of piperidine rings is 1. The molecule has 2 rings (SSSR count). The average molecular weight is 248 g/mol. The van der Waals surface area contributed by atoms with Gasteiger partial charge in [0.2, 0.25) is 0 Å². The summed E-state index contributed by atoms with van der Waals surface area (Å²) < 4.78 is 0. The topological polar surface area (TPSA) is 41.0 Å². The van der Waals surface area contributed by atoms with Gasteiger partial charge in [-0.2, -0.15) is 0 Å². The maximum absolute atomic E-state index is 4.61. The molecule has 0 atom stereocenters. The fourth-order valence-corrected chi connectivity index (χ4v) is 2.29. The number of aromatic nitrogens is 2. The third-order valence-corrected chi connectivity index (χ3v) is 3.46. The van der Waals surface area contributed by atoms with Crippen molar-refractivity contribution < 1.29 is 0 Å². The second kappa shape index (κ2) is 5.65. The Bertz CT molecular complexity index is 395. The lowest BCUT2D eigenvalue weighted by Crippen LogP contribution is -2.37. The molecule has 4 nitrogen and oxygen atoms in total. The van der Waals surface area contributed by atoms with Crippen LogP contribution in [-0.4, -0.2) is 41.0 Å². The van der Waals surface area contributed by atoms with Crippen LogP contribution in [0.15, 0.2) is 6.07 Å². The van der Waals surface area contributed by atoms with E-state index in [1.54, 1.807) is 0 Å². The third-order valence-electron chi connectivity index (χ3n) is 3.46. The minimum atomic E-state index is 0.378. The van der Waals surface area contributed by atoms with Gasteiger partial charge < -0.3 is 10.2 Å². The first-order valence-electron chi connectivity index (χ1n) is 6.85. The van der Waals surface area contributed by atoms with Gasteiger partial charge in [-0.05, 0) is 39.9 Å². The van der Waals surface area contributed by atoms with Crippen molar-refractivity contribution in [1.29, 1.82) is 0 Å². The lowest BCUT2D eigenvalue weighted by Gasteiger charge is -2.30. The fourth-order valence-electron chi connectivity index (χ4n) is 2.29. The molecule has 4 heteroatoms. The van der Waals surface area contributed by atoms with Crippen molar-refractivity contribution in [3.05, 3.63) is 17.6 Å². The zero-order chi connectivity index (χ0) is 13.1. The Morgan fingerprint density at radius 1 is 1.28 bits per heavy atom. The van der Waals surface area contributed by atoms with E-state index < -0.39 is 0 Å². The number of likely N-dealkylation sites (tertiary alicyclic amines) is 1. The molecule has 0 spiro atoms. The highest BCUT2D eigenvalue weighted by Crippen LogP contribution is 2.17. The van der Waals surface area contributed by atoms with Crippen molar-refractivity contribution >= 4 is 5.82 Å². The standard InChI is InChI=1S/C14H24N4/c1-10(2)14-15-11(3)9-13(17-14)16-12-5-7-18(4)8-6-12/h9-10,12H,5-8H2,1-4H3,(H,15,16,17). The summed E-state index contributed by atoms with van der Waals surface area (Å²) in [5.74, 6) is 2.30. The molecule has 100 valence electrons. The Morgan fingerprint density at radius 3 is 2.56 bits per heavy atom. The van der Waals surface area contributed by atoms with Crippen molar-refractivity contribution in [3.8, 4) is 0 Å². The predicted octanol–water partition coefficient (Wildman–Crippen LogP) is 2.41. The molecule has 0 aliphatic carbocycles. The minimum Gasteiger partial charge on any atom is -0.367 e. The van der Waals surface area contributed by atoms with Crippen LogP contribution in [0.3, 0.4) is 0 Å². The highest BCUT2D eigenvalue weighted by atomic mass is 15.1. The number of anilines is 1. The zero-order valence-electron chi connectivity index (χ0n) is 11.9. The monoisotopic (exact) mass is 248 g/mol. The number of hydrogen-bond donors (Lipinski definition) is 1. The molecule has 0 unspecified atom stereocenters. The molecule has 1 aliphatic rings. The van der Waals surface area contributed by atoms with Crippen molar-refractivity contribution in [2.75, 3.05) is 25.5 Å². The van der Waals surface area contributed by atoms with Gasteiger partial charge in [0, 0.05) is 23.7 Å². The van der Waals surface area contributed by atoms with Crippen LogP contribution in [0, 0.1) is 6.92 Å². The van der Waals surface area contributed by atoms with E-state index in [2.05, 4.69) is 41.1 Å². The van der Waals surface area contributed by atoms with Crippen molar-refractivity contribution in [2.45, 2.75) is 45.6 Å². The van der Waals surface area contributed by atoms with Gasteiger partial charge in [0.15, 0.2) is 0 Å². The number of aryl methyl sites for hydroxylation is 1. The largest absolute Gasteiger partial charge is 0.367 e. The summed E-state index contributed by atoms with van der Waals surface area (Å²) in [5, 5.41) is 3.56. The van der Waals surface area contributed by atoms with Crippen LogP contribution in [0.2, 0.25) is 0 Å². The quantitative estimate of drug-likeness (QED) is 0.892. The molecule has 2 heterocycles. The van der Waals surface area contributed by atoms with Gasteiger partial charge >= 0.3 is 0 Å². The Balaban J connectivity index is 2.04. The summed E-state index contributed by atoms with van der Waals surface area (Å²) in [5.41, 5.74) is 1.05. The van der Waals surface area contributed by atoms with E-state index in [-0.39, 0.29) is 0 Å². The average Bonchev–Trinajstić information content (AvgIpc) is 2.31. The first-order valence-corrected chi connectivity index (χ1v) is 6.85. The SMILES string of the molecule is Cc1cc(NC2CCN(C)CC2)nc(C(C)C)n1. The molecular weight excluding hydrogens is 224 g/mol. The number of hydrogen-bond acceptors (Lipinski definition) is 4. The van der Waals surface area contributed by atoms with Gasteiger partial charge in [-0.15, -0.1) is 0 Å². The minimum absolute atomic E-state index is 0.378. The van der Waals surface area contributed by atoms with Gasteiger partial charge in [0.05, 0.1) is 0 Å². The summed E-state index contributed by atoms with van der Waals surface area (Å²) in [7, 11) is 2.18. The van der Waals surface area contributed by atoms with Gasteiger partial charge in [0.25, 0.3) is 0 Å². The van der Waals surface area contributed by atoms with E-state index in [0.717, 1.165) is 17.3 Å². The van der Waals surface area contributed by atoms with Crippen LogP contribution in [0.25, 0.3) is 0 Å². The lowest BCUT2D eigenvalue weighted by atomic mass is 10.1. The molecule has 18 heavy (non-hydrogen) atoms. The highest BCUT2D eigenvalue weighted by molar-refractivity contribution is 5.37. The Labute approximate surface area is 110 Å².